The Morgan fingerprint density at radius 2 is 2.06 bits per heavy atom. The maximum Gasteiger partial charge on any atom is 0.100 e. The largest absolute Gasteiger partial charge is 0.348 e. The van der Waals surface area contributed by atoms with Gasteiger partial charge < -0.3 is 5.32 Å². The summed E-state index contributed by atoms with van der Waals surface area (Å²) in [7, 11) is 0. The van der Waals surface area contributed by atoms with E-state index >= 15 is 0 Å². The fourth-order valence-corrected chi connectivity index (χ4v) is 2.29. The van der Waals surface area contributed by atoms with Gasteiger partial charge in [-0.2, -0.15) is 0 Å². The fourth-order valence-electron chi connectivity index (χ4n) is 2.29. The Bertz CT molecular complexity index is 278. The lowest BCUT2D eigenvalue weighted by atomic mass is 9.84. The van der Waals surface area contributed by atoms with Crippen molar-refractivity contribution in [1.82, 2.24) is 5.32 Å². The van der Waals surface area contributed by atoms with Gasteiger partial charge in [-0.3, -0.25) is 4.99 Å². The van der Waals surface area contributed by atoms with Gasteiger partial charge in [-0.05, 0) is 19.3 Å². The number of allylic oxidation sites excluding steroid dienone is 1. The van der Waals surface area contributed by atoms with Crippen molar-refractivity contribution < 1.29 is 0 Å². The van der Waals surface area contributed by atoms with E-state index in [2.05, 4.69) is 39.1 Å². The molecular formula is C14H26N2. The summed E-state index contributed by atoms with van der Waals surface area (Å²) < 4.78 is 0. The van der Waals surface area contributed by atoms with Crippen LogP contribution in [0.1, 0.15) is 59.8 Å². The van der Waals surface area contributed by atoms with Gasteiger partial charge in [-0.1, -0.05) is 40.2 Å². The molecule has 0 aliphatic carbocycles. The summed E-state index contributed by atoms with van der Waals surface area (Å²) in [6, 6.07) is 0. The molecule has 1 aliphatic rings. The summed E-state index contributed by atoms with van der Waals surface area (Å²) in [5.41, 5.74) is 1.60. The highest BCUT2D eigenvalue weighted by atomic mass is 15.0. The fraction of sp³-hybridized carbons (Fsp3) is 0.786. The Morgan fingerprint density at radius 1 is 1.31 bits per heavy atom. The average Bonchev–Trinajstić information content (AvgIpc) is 2.40. The number of nitrogens with one attached hydrogen (secondary N) is 1. The van der Waals surface area contributed by atoms with Crippen LogP contribution >= 0.6 is 0 Å². The van der Waals surface area contributed by atoms with Crippen LogP contribution in [0.5, 0.6) is 0 Å². The molecule has 0 fully saturated rings. The molecule has 1 rings (SSSR count). The van der Waals surface area contributed by atoms with Crippen LogP contribution in [0.25, 0.3) is 0 Å². The van der Waals surface area contributed by atoms with Gasteiger partial charge in [0.15, 0.2) is 0 Å². The standard InChI is InChI=1S/C14H26N2/c1-5-8-13-15-11-14(4,9-6-2)10-12(7-3)16-13/h10H,5-9,11H2,1-4H3,(H,15,16). The maximum absolute atomic E-state index is 4.74. The van der Waals surface area contributed by atoms with Crippen LogP contribution in [-0.2, 0) is 0 Å². The van der Waals surface area contributed by atoms with Gasteiger partial charge in [-0.15, -0.1) is 0 Å². The zero-order chi connectivity index (χ0) is 12.0. The number of aliphatic imine (C=N–C) groups is 1. The number of amidine groups is 1. The number of nitrogens with zero attached hydrogens (tertiary/aromatic N) is 1. The first kappa shape index (κ1) is 13.3. The van der Waals surface area contributed by atoms with Crippen molar-refractivity contribution in [2.75, 3.05) is 6.54 Å². The van der Waals surface area contributed by atoms with E-state index < -0.39 is 0 Å². The first-order valence-corrected chi connectivity index (χ1v) is 6.65. The first-order valence-electron chi connectivity index (χ1n) is 6.65. The van der Waals surface area contributed by atoms with Crippen molar-refractivity contribution in [2.45, 2.75) is 59.8 Å². The number of rotatable bonds is 5. The smallest absolute Gasteiger partial charge is 0.100 e. The predicted octanol–water partition coefficient (Wildman–Crippen LogP) is 3.89. The third-order valence-electron chi connectivity index (χ3n) is 3.15. The summed E-state index contributed by atoms with van der Waals surface area (Å²) in [4.78, 5) is 4.74. The Hall–Kier alpha value is -0.790. The monoisotopic (exact) mass is 222 g/mol. The molecular weight excluding hydrogens is 196 g/mol. The first-order chi connectivity index (χ1) is 7.63. The van der Waals surface area contributed by atoms with Gasteiger partial charge in [0.1, 0.15) is 5.84 Å². The lowest BCUT2D eigenvalue weighted by molar-refractivity contribution is 0.398. The zero-order valence-electron chi connectivity index (χ0n) is 11.3. The molecule has 0 aromatic carbocycles. The van der Waals surface area contributed by atoms with Gasteiger partial charge in [0.2, 0.25) is 0 Å². The minimum absolute atomic E-state index is 0.253. The zero-order valence-corrected chi connectivity index (χ0v) is 11.3. The van der Waals surface area contributed by atoms with E-state index in [-0.39, 0.29) is 5.41 Å². The molecule has 0 amide bonds. The van der Waals surface area contributed by atoms with Crippen LogP contribution in [0.3, 0.4) is 0 Å². The average molecular weight is 222 g/mol. The highest BCUT2D eigenvalue weighted by Crippen LogP contribution is 2.29. The van der Waals surface area contributed by atoms with Crippen molar-refractivity contribution in [1.29, 1.82) is 0 Å². The van der Waals surface area contributed by atoms with Crippen LogP contribution in [0, 0.1) is 5.41 Å². The molecule has 0 radical (unpaired) electrons. The third-order valence-corrected chi connectivity index (χ3v) is 3.15. The summed E-state index contributed by atoms with van der Waals surface area (Å²) in [5, 5.41) is 3.49. The molecule has 0 spiro atoms. The normalized spacial score (nSPS) is 25.5. The summed E-state index contributed by atoms with van der Waals surface area (Å²) in [6.45, 7) is 9.92. The molecule has 1 aliphatic heterocycles. The summed E-state index contributed by atoms with van der Waals surface area (Å²) in [6.07, 6.45) is 8.15. The lowest BCUT2D eigenvalue weighted by Crippen LogP contribution is -2.21. The van der Waals surface area contributed by atoms with Crippen molar-refractivity contribution in [3.8, 4) is 0 Å². The highest BCUT2D eigenvalue weighted by molar-refractivity contribution is 5.84. The molecule has 0 saturated heterocycles. The Kier molecular flexibility index (Phi) is 5.04. The quantitative estimate of drug-likeness (QED) is 0.750. The molecule has 0 saturated carbocycles. The van der Waals surface area contributed by atoms with E-state index in [0.717, 1.165) is 25.8 Å². The molecule has 16 heavy (non-hydrogen) atoms. The van der Waals surface area contributed by atoms with Gasteiger partial charge in [0.25, 0.3) is 0 Å². The van der Waals surface area contributed by atoms with Crippen LogP contribution in [0.15, 0.2) is 16.8 Å². The van der Waals surface area contributed by atoms with E-state index in [0.29, 0.717) is 0 Å². The van der Waals surface area contributed by atoms with E-state index in [4.69, 9.17) is 4.99 Å². The summed E-state index contributed by atoms with van der Waals surface area (Å²) >= 11 is 0. The van der Waals surface area contributed by atoms with Gasteiger partial charge in [0.05, 0.1) is 0 Å². The van der Waals surface area contributed by atoms with Crippen molar-refractivity contribution in [3.05, 3.63) is 11.8 Å². The molecule has 92 valence electrons. The molecule has 2 nitrogen and oxygen atoms in total. The van der Waals surface area contributed by atoms with Crippen molar-refractivity contribution >= 4 is 5.84 Å². The Labute approximate surface area is 100 Å². The second kappa shape index (κ2) is 6.07. The van der Waals surface area contributed by atoms with Gasteiger partial charge in [0, 0.05) is 24.1 Å². The molecule has 1 heterocycles. The highest BCUT2D eigenvalue weighted by Gasteiger charge is 2.23. The molecule has 0 aromatic heterocycles. The lowest BCUT2D eigenvalue weighted by Gasteiger charge is -2.22. The minimum Gasteiger partial charge on any atom is -0.348 e. The molecule has 2 heteroatoms. The molecule has 1 N–H and O–H groups in total. The molecule has 0 aromatic rings. The van der Waals surface area contributed by atoms with Gasteiger partial charge >= 0.3 is 0 Å². The van der Waals surface area contributed by atoms with E-state index in [1.807, 2.05) is 0 Å². The molecule has 1 unspecified atom stereocenters. The Morgan fingerprint density at radius 3 is 2.62 bits per heavy atom. The van der Waals surface area contributed by atoms with E-state index in [1.54, 1.807) is 0 Å². The van der Waals surface area contributed by atoms with Crippen molar-refractivity contribution in [3.63, 3.8) is 0 Å². The van der Waals surface area contributed by atoms with Crippen molar-refractivity contribution in [2.24, 2.45) is 10.4 Å². The van der Waals surface area contributed by atoms with Crippen LogP contribution in [0.2, 0.25) is 0 Å². The van der Waals surface area contributed by atoms with Crippen LogP contribution in [-0.4, -0.2) is 12.4 Å². The topological polar surface area (TPSA) is 24.4 Å². The second-order valence-electron chi connectivity index (χ2n) is 5.07. The van der Waals surface area contributed by atoms with Crippen LogP contribution in [0.4, 0.5) is 0 Å². The predicted molar refractivity (Wildman–Crippen MR) is 71.7 cm³/mol. The second-order valence-corrected chi connectivity index (χ2v) is 5.07. The molecule has 1 atom stereocenters. The SMILES string of the molecule is CCCC1=NCC(C)(CCC)C=C(CC)N1. The maximum atomic E-state index is 4.74. The number of hydrogen-bond donors (Lipinski definition) is 1. The summed E-state index contributed by atoms with van der Waals surface area (Å²) in [5.74, 6) is 1.18. The molecule has 0 bridgehead atoms. The minimum atomic E-state index is 0.253. The van der Waals surface area contributed by atoms with E-state index in [1.165, 1.54) is 24.4 Å². The number of hydrogen-bond acceptors (Lipinski definition) is 2. The third kappa shape index (κ3) is 3.66. The Balaban J connectivity index is 2.84. The van der Waals surface area contributed by atoms with E-state index in [9.17, 15) is 0 Å². The van der Waals surface area contributed by atoms with Gasteiger partial charge in [-0.25, -0.2) is 0 Å². The van der Waals surface area contributed by atoms with Crippen LogP contribution < -0.4 is 5.32 Å².